The molecule has 2 heterocycles. The van der Waals surface area contributed by atoms with E-state index in [1.54, 1.807) is 6.33 Å². The van der Waals surface area contributed by atoms with E-state index < -0.39 is 0 Å². The molecule has 1 aromatic rings. The molecule has 0 bridgehead atoms. The van der Waals surface area contributed by atoms with Crippen molar-refractivity contribution >= 4 is 6.08 Å². The second kappa shape index (κ2) is 5.45. The zero-order valence-electron chi connectivity index (χ0n) is 11.0. The van der Waals surface area contributed by atoms with E-state index in [1.807, 2.05) is 11.6 Å². The van der Waals surface area contributed by atoms with Crippen molar-refractivity contribution < 1.29 is 0 Å². The van der Waals surface area contributed by atoms with Gasteiger partial charge in [-0.05, 0) is 44.7 Å². The minimum absolute atomic E-state index is 0.599. The van der Waals surface area contributed by atoms with Gasteiger partial charge >= 0.3 is 0 Å². The number of hydrogen-bond donors (Lipinski definition) is 1. The highest BCUT2D eigenvalue weighted by atomic mass is 15.2. The average molecular weight is 234 g/mol. The molecule has 2 unspecified atom stereocenters. The third kappa shape index (κ3) is 3.16. The zero-order chi connectivity index (χ0) is 12.3. The number of rotatable bonds is 4. The highest BCUT2D eigenvalue weighted by Crippen LogP contribution is 2.21. The van der Waals surface area contributed by atoms with Crippen LogP contribution in [0.2, 0.25) is 0 Å². The summed E-state index contributed by atoms with van der Waals surface area (Å²) in [4.78, 5) is 0. The van der Waals surface area contributed by atoms with Gasteiger partial charge in [-0.15, -0.1) is 10.2 Å². The van der Waals surface area contributed by atoms with Gasteiger partial charge in [0.25, 0.3) is 0 Å². The maximum absolute atomic E-state index is 4.09. The summed E-state index contributed by atoms with van der Waals surface area (Å²) in [6.45, 7) is 5.67. The molecule has 0 radical (unpaired) electrons. The first kappa shape index (κ1) is 12.3. The lowest BCUT2D eigenvalue weighted by Gasteiger charge is -2.17. The summed E-state index contributed by atoms with van der Waals surface area (Å²) < 4.78 is 1.95. The largest absolute Gasteiger partial charge is 0.317 e. The quantitative estimate of drug-likeness (QED) is 0.866. The molecule has 0 amide bonds. The predicted octanol–water partition coefficient (Wildman–Crippen LogP) is 2.00. The maximum atomic E-state index is 4.09. The third-order valence-corrected chi connectivity index (χ3v) is 3.68. The Morgan fingerprint density at radius 2 is 2.53 bits per heavy atom. The second-order valence-electron chi connectivity index (χ2n) is 5.12. The van der Waals surface area contributed by atoms with Crippen molar-refractivity contribution in [3.05, 3.63) is 17.7 Å². The average Bonchev–Trinajstić information content (AvgIpc) is 2.91. The van der Waals surface area contributed by atoms with Crippen molar-refractivity contribution in [2.24, 2.45) is 13.0 Å². The maximum Gasteiger partial charge on any atom is 0.156 e. The Hall–Kier alpha value is -1.16. The molecule has 2 rings (SSSR count). The van der Waals surface area contributed by atoms with Crippen LogP contribution in [0.1, 0.15) is 38.9 Å². The van der Waals surface area contributed by atoms with Crippen molar-refractivity contribution in [3.63, 3.8) is 0 Å². The van der Waals surface area contributed by atoms with Crippen LogP contribution in [0.5, 0.6) is 0 Å². The van der Waals surface area contributed by atoms with E-state index in [0.29, 0.717) is 12.0 Å². The smallest absolute Gasteiger partial charge is 0.156 e. The summed E-state index contributed by atoms with van der Waals surface area (Å²) in [7, 11) is 1.97. The summed E-state index contributed by atoms with van der Waals surface area (Å²) in [5, 5.41) is 11.5. The molecule has 94 valence electrons. The van der Waals surface area contributed by atoms with Crippen molar-refractivity contribution in [3.8, 4) is 0 Å². The van der Waals surface area contributed by atoms with Gasteiger partial charge in [-0.25, -0.2) is 0 Å². The van der Waals surface area contributed by atoms with Crippen LogP contribution in [0.15, 0.2) is 11.9 Å². The third-order valence-electron chi connectivity index (χ3n) is 3.68. The molecule has 1 aliphatic heterocycles. The molecule has 4 heteroatoms. The van der Waals surface area contributed by atoms with Crippen LogP contribution in [0.4, 0.5) is 0 Å². The lowest BCUT2D eigenvalue weighted by molar-refractivity contribution is 0.480. The Morgan fingerprint density at radius 3 is 3.12 bits per heavy atom. The number of allylic oxidation sites excluding steroid dienone is 1. The van der Waals surface area contributed by atoms with Gasteiger partial charge < -0.3 is 9.88 Å². The Kier molecular flexibility index (Phi) is 3.94. The lowest BCUT2D eigenvalue weighted by atomic mass is 9.93. The molecular formula is C13H22N4. The molecule has 0 saturated carbocycles. The normalized spacial score (nSPS) is 23.0. The van der Waals surface area contributed by atoms with E-state index in [4.69, 9.17) is 0 Å². The minimum atomic E-state index is 0.599. The van der Waals surface area contributed by atoms with Crippen molar-refractivity contribution in [1.29, 1.82) is 0 Å². The van der Waals surface area contributed by atoms with Gasteiger partial charge in [0.2, 0.25) is 0 Å². The van der Waals surface area contributed by atoms with Gasteiger partial charge in [-0.1, -0.05) is 12.5 Å². The molecule has 4 nitrogen and oxygen atoms in total. The van der Waals surface area contributed by atoms with Gasteiger partial charge in [0.05, 0.1) is 0 Å². The van der Waals surface area contributed by atoms with E-state index in [9.17, 15) is 0 Å². The Balaban J connectivity index is 1.96. The molecule has 0 spiro atoms. The highest BCUT2D eigenvalue weighted by Gasteiger charge is 2.17. The van der Waals surface area contributed by atoms with Gasteiger partial charge in [-0.2, -0.15) is 0 Å². The van der Waals surface area contributed by atoms with E-state index in [0.717, 1.165) is 5.82 Å². The number of aryl methyl sites for hydroxylation is 1. The zero-order valence-corrected chi connectivity index (χ0v) is 11.0. The topological polar surface area (TPSA) is 42.7 Å². The molecule has 0 aromatic carbocycles. The fraction of sp³-hybridized carbons (Fsp3) is 0.692. The molecule has 2 atom stereocenters. The first-order valence-corrected chi connectivity index (χ1v) is 6.42. The van der Waals surface area contributed by atoms with E-state index in [1.165, 1.54) is 31.4 Å². The van der Waals surface area contributed by atoms with Crippen LogP contribution in [-0.4, -0.2) is 27.4 Å². The van der Waals surface area contributed by atoms with Gasteiger partial charge in [0, 0.05) is 13.1 Å². The summed E-state index contributed by atoms with van der Waals surface area (Å²) >= 11 is 0. The molecule has 1 N–H and O–H groups in total. The van der Waals surface area contributed by atoms with Crippen LogP contribution < -0.4 is 5.32 Å². The molecule has 1 aromatic heterocycles. The molecular weight excluding hydrogens is 212 g/mol. The van der Waals surface area contributed by atoms with Crippen LogP contribution in [-0.2, 0) is 7.05 Å². The number of hydrogen-bond acceptors (Lipinski definition) is 3. The fourth-order valence-electron chi connectivity index (χ4n) is 2.34. The van der Waals surface area contributed by atoms with Gasteiger partial charge in [0.15, 0.2) is 5.82 Å². The van der Waals surface area contributed by atoms with Crippen LogP contribution in [0, 0.1) is 5.92 Å². The first-order chi connectivity index (χ1) is 8.16. The van der Waals surface area contributed by atoms with Crippen molar-refractivity contribution in [2.45, 2.75) is 39.2 Å². The Morgan fingerprint density at radius 1 is 1.71 bits per heavy atom. The molecule has 1 fully saturated rings. The standard InChI is InChI=1S/C13H22N4/c1-10(7-12-5-4-6-14-12)11(2)8-13-16-15-9-17(13)3/h8-10,12,14H,4-7H2,1-3H3/b11-8+. The number of aromatic nitrogens is 3. The van der Waals surface area contributed by atoms with Gasteiger partial charge in [-0.3, -0.25) is 0 Å². The van der Waals surface area contributed by atoms with E-state index in [2.05, 4.69) is 35.4 Å². The lowest BCUT2D eigenvalue weighted by Crippen LogP contribution is -2.23. The van der Waals surface area contributed by atoms with Crippen LogP contribution >= 0.6 is 0 Å². The monoisotopic (exact) mass is 234 g/mol. The minimum Gasteiger partial charge on any atom is -0.317 e. The van der Waals surface area contributed by atoms with E-state index in [-0.39, 0.29) is 0 Å². The molecule has 0 aliphatic carbocycles. The first-order valence-electron chi connectivity index (χ1n) is 6.42. The number of nitrogens with zero attached hydrogens (tertiary/aromatic N) is 3. The summed E-state index contributed by atoms with van der Waals surface area (Å²) in [5.74, 6) is 1.54. The predicted molar refractivity (Wildman–Crippen MR) is 69.5 cm³/mol. The highest BCUT2D eigenvalue weighted by molar-refractivity contribution is 5.44. The molecule has 17 heavy (non-hydrogen) atoms. The van der Waals surface area contributed by atoms with Crippen LogP contribution in [0.25, 0.3) is 6.08 Å². The van der Waals surface area contributed by atoms with Crippen molar-refractivity contribution in [2.75, 3.05) is 6.54 Å². The summed E-state index contributed by atoms with van der Waals surface area (Å²) in [6.07, 6.45) is 7.75. The molecule has 1 saturated heterocycles. The summed E-state index contributed by atoms with van der Waals surface area (Å²) in [6, 6.07) is 0.702. The Labute approximate surface area is 103 Å². The Bertz CT molecular complexity index is 388. The number of nitrogens with one attached hydrogen (secondary N) is 1. The SMILES string of the molecule is C/C(=C\c1nncn1C)C(C)CC1CCCN1. The van der Waals surface area contributed by atoms with Crippen molar-refractivity contribution in [1.82, 2.24) is 20.1 Å². The van der Waals surface area contributed by atoms with Crippen LogP contribution in [0.3, 0.4) is 0 Å². The van der Waals surface area contributed by atoms with Gasteiger partial charge in [0.1, 0.15) is 6.33 Å². The second-order valence-corrected chi connectivity index (χ2v) is 5.12. The summed E-state index contributed by atoms with van der Waals surface area (Å²) in [5.41, 5.74) is 1.38. The van der Waals surface area contributed by atoms with E-state index >= 15 is 0 Å². The fourth-order valence-corrected chi connectivity index (χ4v) is 2.34. The molecule has 1 aliphatic rings.